The molecule has 0 N–H and O–H groups in total. The van der Waals surface area contributed by atoms with E-state index in [9.17, 15) is 0 Å². The van der Waals surface area contributed by atoms with Gasteiger partial charge in [0.05, 0.1) is 5.02 Å². The molecule has 7 heteroatoms. The Morgan fingerprint density at radius 2 is 1.93 bits per heavy atom. The van der Waals surface area contributed by atoms with Crippen LogP contribution in [-0.4, -0.2) is 14.8 Å². The van der Waals surface area contributed by atoms with E-state index in [2.05, 4.69) is 52.9 Å². The van der Waals surface area contributed by atoms with Crippen molar-refractivity contribution in [2.45, 2.75) is 44.3 Å². The molecule has 3 aromatic rings. The summed E-state index contributed by atoms with van der Waals surface area (Å²) in [7, 11) is 0. The highest BCUT2D eigenvalue weighted by atomic mass is 35.5. The SMILES string of the molecule is CCn1c(SCc2ccccc2C)nnc1C(C)Oc1ccc(Cl)cc1Cl. The van der Waals surface area contributed by atoms with Crippen molar-refractivity contribution in [2.75, 3.05) is 0 Å². The summed E-state index contributed by atoms with van der Waals surface area (Å²) in [5.74, 6) is 2.20. The van der Waals surface area contributed by atoms with E-state index in [4.69, 9.17) is 27.9 Å². The zero-order chi connectivity index (χ0) is 19.4. The first-order valence-electron chi connectivity index (χ1n) is 8.71. The van der Waals surface area contributed by atoms with Gasteiger partial charge in [-0.05, 0) is 50.1 Å². The second-order valence-corrected chi connectivity index (χ2v) is 7.92. The van der Waals surface area contributed by atoms with Crippen LogP contribution in [0.1, 0.15) is 36.9 Å². The molecule has 1 unspecified atom stereocenters. The number of aromatic nitrogens is 3. The number of nitrogens with zero attached hydrogens (tertiary/aromatic N) is 3. The minimum Gasteiger partial charge on any atom is -0.481 e. The van der Waals surface area contributed by atoms with Crippen molar-refractivity contribution >= 4 is 35.0 Å². The van der Waals surface area contributed by atoms with E-state index in [1.807, 2.05) is 6.92 Å². The Morgan fingerprint density at radius 1 is 1.15 bits per heavy atom. The van der Waals surface area contributed by atoms with Crippen molar-refractivity contribution in [1.29, 1.82) is 0 Å². The van der Waals surface area contributed by atoms with Crippen LogP contribution in [0.4, 0.5) is 0 Å². The molecular formula is C20H21Cl2N3OS. The van der Waals surface area contributed by atoms with Crippen molar-refractivity contribution in [3.05, 3.63) is 69.5 Å². The second kappa shape index (κ2) is 9.00. The smallest absolute Gasteiger partial charge is 0.191 e. The minimum absolute atomic E-state index is 0.288. The Hall–Kier alpha value is -1.69. The fourth-order valence-electron chi connectivity index (χ4n) is 2.73. The van der Waals surface area contributed by atoms with Gasteiger partial charge in [0.1, 0.15) is 5.75 Å². The van der Waals surface area contributed by atoms with Crippen LogP contribution in [0.15, 0.2) is 47.6 Å². The Kier molecular flexibility index (Phi) is 6.68. The van der Waals surface area contributed by atoms with Gasteiger partial charge in [0.25, 0.3) is 0 Å². The van der Waals surface area contributed by atoms with Gasteiger partial charge in [-0.3, -0.25) is 0 Å². The van der Waals surface area contributed by atoms with Gasteiger partial charge in [-0.1, -0.05) is 59.2 Å². The standard InChI is InChI=1S/C20H21Cl2N3OS/c1-4-25-19(14(3)26-18-10-9-16(21)11-17(18)22)23-24-20(25)27-12-15-8-6-5-7-13(15)2/h5-11,14H,4,12H2,1-3H3. The zero-order valence-electron chi connectivity index (χ0n) is 15.4. The lowest BCUT2D eigenvalue weighted by molar-refractivity contribution is 0.210. The van der Waals surface area contributed by atoms with E-state index in [0.29, 0.717) is 15.8 Å². The van der Waals surface area contributed by atoms with E-state index in [0.717, 1.165) is 23.3 Å². The van der Waals surface area contributed by atoms with E-state index in [-0.39, 0.29) is 6.10 Å². The topological polar surface area (TPSA) is 39.9 Å². The molecule has 0 radical (unpaired) electrons. The average Bonchev–Trinajstić information content (AvgIpc) is 3.06. The normalized spacial score (nSPS) is 12.2. The third kappa shape index (κ3) is 4.78. The number of rotatable bonds is 7. The number of benzene rings is 2. The molecule has 1 heterocycles. The van der Waals surface area contributed by atoms with Gasteiger partial charge < -0.3 is 9.30 Å². The van der Waals surface area contributed by atoms with Crippen LogP contribution in [0.3, 0.4) is 0 Å². The van der Waals surface area contributed by atoms with Crippen LogP contribution < -0.4 is 4.74 Å². The maximum Gasteiger partial charge on any atom is 0.191 e. The largest absolute Gasteiger partial charge is 0.481 e. The molecule has 27 heavy (non-hydrogen) atoms. The molecule has 0 aliphatic heterocycles. The Labute approximate surface area is 173 Å². The highest BCUT2D eigenvalue weighted by molar-refractivity contribution is 7.98. The van der Waals surface area contributed by atoms with Gasteiger partial charge in [-0.15, -0.1) is 10.2 Å². The van der Waals surface area contributed by atoms with Crippen molar-refractivity contribution < 1.29 is 4.74 Å². The first-order chi connectivity index (χ1) is 13.0. The van der Waals surface area contributed by atoms with Crippen LogP contribution in [0, 0.1) is 6.92 Å². The van der Waals surface area contributed by atoms with Crippen LogP contribution in [0.25, 0.3) is 0 Å². The summed E-state index contributed by atoms with van der Waals surface area (Å²) >= 11 is 13.8. The molecule has 0 bridgehead atoms. The molecule has 4 nitrogen and oxygen atoms in total. The Bertz CT molecular complexity index is 929. The fourth-order valence-corrected chi connectivity index (χ4v) is 4.27. The summed E-state index contributed by atoms with van der Waals surface area (Å²) in [6.45, 7) is 6.90. The van der Waals surface area contributed by atoms with Gasteiger partial charge in [0.15, 0.2) is 17.1 Å². The fraction of sp³-hybridized carbons (Fsp3) is 0.300. The quantitative estimate of drug-likeness (QED) is 0.416. The van der Waals surface area contributed by atoms with Crippen LogP contribution in [0.5, 0.6) is 5.75 Å². The van der Waals surface area contributed by atoms with Crippen LogP contribution >= 0.6 is 35.0 Å². The lowest BCUT2D eigenvalue weighted by Crippen LogP contribution is -2.12. The number of halogens is 2. The molecule has 0 fully saturated rings. The first-order valence-corrected chi connectivity index (χ1v) is 10.5. The number of aryl methyl sites for hydroxylation is 1. The van der Waals surface area contributed by atoms with Crippen molar-refractivity contribution in [3.8, 4) is 5.75 Å². The first kappa shape index (κ1) is 20.1. The van der Waals surface area contributed by atoms with E-state index in [1.165, 1.54) is 11.1 Å². The van der Waals surface area contributed by atoms with Gasteiger partial charge >= 0.3 is 0 Å². The highest BCUT2D eigenvalue weighted by Crippen LogP contribution is 2.32. The van der Waals surface area contributed by atoms with Gasteiger partial charge in [-0.25, -0.2) is 0 Å². The molecule has 0 amide bonds. The summed E-state index contributed by atoms with van der Waals surface area (Å²) in [6.07, 6.45) is -0.288. The van der Waals surface area contributed by atoms with Crippen molar-refractivity contribution in [2.24, 2.45) is 0 Å². The molecule has 0 aliphatic carbocycles. The lowest BCUT2D eigenvalue weighted by atomic mass is 10.1. The molecular weight excluding hydrogens is 401 g/mol. The second-order valence-electron chi connectivity index (χ2n) is 6.14. The van der Waals surface area contributed by atoms with E-state index >= 15 is 0 Å². The number of hydrogen-bond acceptors (Lipinski definition) is 4. The molecule has 0 saturated heterocycles. The molecule has 3 rings (SSSR count). The van der Waals surface area contributed by atoms with E-state index in [1.54, 1.807) is 30.0 Å². The maximum atomic E-state index is 6.22. The number of hydrogen-bond donors (Lipinski definition) is 0. The molecule has 0 aliphatic rings. The highest BCUT2D eigenvalue weighted by Gasteiger charge is 2.20. The number of thioether (sulfide) groups is 1. The van der Waals surface area contributed by atoms with Crippen molar-refractivity contribution in [3.63, 3.8) is 0 Å². The van der Waals surface area contributed by atoms with Crippen LogP contribution in [-0.2, 0) is 12.3 Å². The van der Waals surface area contributed by atoms with Gasteiger partial charge in [0, 0.05) is 17.3 Å². The molecule has 0 saturated carbocycles. The van der Waals surface area contributed by atoms with E-state index < -0.39 is 0 Å². The molecule has 1 atom stereocenters. The minimum atomic E-state index is -0.288. The molecule has 142 valence electrons. The third-order valence-corrected chi connectivity index (χ3v) is 5.79. The van der Waals surface area contributed by atoms with Crippen LogP contribution in [0.2, 0.25) is 10.0 Å². The predicted octanol–water partition coefficient (Wildman–Crippen LogP) is 6.35. The van der Waals surface area contributed by atoms with Gasteiger partial charge in [0.2, 0.25) is 0 Å². The van der Waals surface area contributed by atoms with Gasteiger partial charge in [-0.2, -0.15) is 0 Å². The summed E-state index contributed by atoms with van der Waals surface area (Å²) in [6, 6.07) is 13.6. The monoisotopic (exact) mass is 421 g/mol. The molecule has 0 spiro atoms. The number of ether oxygens (including phenoxy) is 1. The zero-order valence-corrected chi connectivity index (χ0v) is 17.8. The molecule has 1 aromatic heterocycles. The molecule has 2 aromatic carbocycles. The maximum absolute atomic E-state index is 6.22. The third-order valence-electron chi connectivity index (χ3n) is 4.24. The Balaban J connectivity index is 1.75. The lowest BCUT2D eigenvalue weighted by Gasteiger charge is -2.16. The summed E-state index contributed by atoms with van der Waals surface area (Å²) in [4.78, 5) is 0. The predicted molar refractivity (Wildman–Crippen MR) is 112 cm³/mol. The average molecular weight is 422 g/mol. The summed E-state index contributed by atoms with van der Waals surface area (Å²) < 4.78 is 8.08. The van der Waals surface area contributed by atoms with Crippen molar-refractivity contribution in [1.82, 2.24) is 14.8 Å². The Morgan fingerprint density at radius 3 is 2.63 bits per heavy atom. The summed E-state index contributed by atoms with van der Waals surface area (Å²) in [5, 5.41) is 10.7. The summed E-state index contributed by atoms with van der Waals surface area (Å²) in [5.41, 5.74) is 2.58.